The average Bonchev–Trinajstić information content (AvgIpc) is 3.50. The minimum Gasteiger partial charge on any atom is -0.481 e. The van der Waals surface area contributed by atoms with Crippen LogP contribution in [-0.4, -0.2) is 35.3 Å². The molecule has 0 fully saturated rings. The summed E-state index contributed by atoms with van der Waals surface area (Å²) in [5.74, 6) is -0.907. The molecule has 2 aromatic carbocycles. The van der Waals surface area contributed by atoms with E-state index < -0.39 is 15.8 Å². The average molecular weight is 565 g/mol. The highest BCUT2D eigenvalue weighted by Crippen LogP contribution is 2.30. The molecule has 0 unspecified atom stereocenters. The lowest BCUT2D eigenvalue weighted by atomic mass is 10.2. The number of cyclic esters (lactones) is 1. The third-order valence-corrected chi connectivity index (χ3v) is 5.99. The van der Waals surface area contributed by atoms with Crippen molar-refractivity contribution < 1.29 is 28.9 Å². The maximum absolute atomic E-state index is 12.8. The van der Waals surface area contributed by atoms with Crippen LogP contribution in [0.4, 0.5) is 11.4 Å². The van der Waals surface area contributed by atoms with Gasteiger partial charge in [0.15, 0.2) is 16.6 Å². The van der Waals surface area contributed by atoms with Crippen molar-refractivity contribution in [2.75, 3.05) is 0 Å². The van der Waals surface area contributed by atoms with E-state index in [2.05, 4.69) is 15.0 Å². The first-order valence-electron chi connectivity index (χ1n) is 11.5. The number of halogens is 1. The fourth-order valence-electron chi connectivity index (χ4n) is 3.70. The van der Waals surface area contributed by atoms with Gasteiger partial charge in [-0.1, -0.05) is 11.6 Å². The Hall–Kier alpha value is -5.37. The van der Waals surface area contributed by atoms with Crippen molar-refractivity contribution in [2.24, 2.45) is 0 Å². The van der Waals surface area contributed by atoms with E-state index in [4.69, 9.17) is 25.8 Å². The molecule has 0 bridgehead atoms. The summed E-state index contributed by atoms with van der Waals surface area (Å²) in [6, 6.07) is 11.4. The number of ether oxygens (including phenoxy) is 3. The maximum atomic E-state index is 12.8. The second-order valence-corrected chi connectivity index (χ2v) is 8.63. The number of nitrogens with zero attached hydrogens (tertiary/aromatic N) is 6. The number of nitro groups is 2. The number of carbonyl (C=O) groups is 1. The van der Waals surface area contributed by atoms with Gasteiger partial charge in [-0.25, -0.2) is 19.7 Å². The number of hydrogen-bond donors (Lipinski definition) is 0. The van der Waals surface area contributed by atoms with Gasteiger partial charge in [0, 0.05) is 30.8 Å². The Bertz CT molecular complexity index is 1680. The van der Waals surface area contributed by atoms with Crippen LogP contribution in [0.15, 0.2) is 84.5 Å². The molecule has 0 saturated heterocycles. The number of non-ortho nitro benzene ring substituents is 2. The fraction of sp³-hybridized carbons (Fsp3) is 0.120. The van der Waals surface area contributed by atoms with Gasteiger partial charge in [-0.3, -0.25) is 20.2 Å². The molecule has 0 aliphatic carbocycles. The molecule has 0 saturated carbocycles. The van der Waals surface area contributed by atoms with Crippen molar-refractivity contribution >= 4 is 40.1 Å². The normalized spacial score (nSPS) is 14.0. The number of rotatable bonds is 10. The number of nitro benzene ring substituents is 2. The Labute approximate surface area is 229 Å². The molecule has 202 valence electrons. The van der Waals surface area contributed by atoms with E-state index in [0.717, 1.165) is 0 Å². The molecular weight excluding hydrogens is 548 g/mol. The van der Waals surface area contributed by atoms with Gasteiger partial charge >= 0.3 is 5.97 Å². The van der Waals surface area contributed by atoms with Crippen LogP contribution < -0.4 is 0 Å². The van der Waals surface area contributed by atoms with Crippen molar-refractivity contribution in [2.45, 2.75) is 19.8 Å². The Morgan fingerprint density at radius 3 is 2.02 bits per heavy atom. The summed E-state index contributed by atoms with van der Waals surface area (Å²) in [6.45, 7) is 0.0245. The van der Waals surface area contributed by atoms with Crippen LogP contribution in [0.25, 0.3) is 11.2 Å². The fourth-order valence-corrected chi connectivity index (χ4v) is 3.88. The molecule has 14 nitrogen and oxygen atoms in total. The Morgan fingerprint density at radius 1 is 0.875 bits per heavy atom. The predicted octanol–water partition coefficient (Wildman–Crippen LogP) is 4.38. The number of allylic oxidation sites excluding steroid dienone is 1. The highest BCUT2D eigenvalue weighted by atomic mass is 35.5. The van der Waals surface area contributed by atoms with Crippen LogP contribution in [0.2, 0.25) is 5.15 Å². The molecule has 15 heteroatoms. The number of fused-ring (bicyclic) bond motifs is 1. The molecule has 5 rings (SSSR count). The van der Waals surface area contributed by atoms with Gasteiger partial charge in [-0.15, -0.1) is 0 Å². The lowest BCUT2D eigenvalue weighted by Crippen LogP contribution is -2.05. The summed E-state index contributed by atoms with van der Waals surface area (Å²) in [5.41, 5.74) is 1.88. The summed E-state index contributed by atoms with van der Waals surface area (Å²) in [6.07, 6.45) is 4.38. The molecule has 3 heterocycles. The summed E-state index contributed by atoms with van der Waals surface area (Å²) in [5, 5.41) is 22.0. The Balaban J connectivity index is 1.40. The number of benzene rings is 2. The zero-order valence-electron chi connectivity index (χ0n) is 20.3. The molecule has 0 amide bonds. The lowest BCUT2D eigenvalue weighted by molar-refractivity contribution is -0.385. The van der Waals surface area contributed by atoms with Gasteiger partial charge < -0.3 is 18.8 Å². The van der Waals surface area contributed by atoms with Crippen molar-refractivity contribution in [3.63, 3.8) is 0 Å². The highest BCUT2D eigenvalue weighted by Gasteiger charge is 2.34. The van der Waals surface area contributed by atoms with Gasteiger partial charge in [0.25, 0.3) is 17.1 Å². The summed E-state index contributed by atoms with van der Waals surface area (Å²) >= 11 is 6.07. The molecular formula is C25H17ClN6O8. The van der Waals surface area contributed by atoms with E-state index in [0.29, 0.717) is 22.3 Å². The molecule has 2 aromatic heterocycles. The molecule has 0 N–H and O–H groups in total. The van der Waals surface area contributed by atoms with Gasteiger partial charge in [-0.05, 0) is 41.5 Å². The Kier molecular flexibility index (Phi) is 7.33. The van der Waals surface area contributed by atoms with Crippen LogP contribution in [0, 0.1) is 20.2 Å². The smallest absolute Gasteiger partial charge is 0.383 e. The third-order valence-electron chi connectivity index (χ3n) is 5.71. The first kappa shape index (κ1) is 26.2. The first-order valence-corrected chi connectivity index (χ1v) is 11.9. The summed E-state index contributed by atoms with van der Waals surface area (Å²) < 4.78 is 18.7. The molecule has 4 aromatic rings. The van der Waals surface area contributed by atoms with E-state index in [1.807, 2.05) is 0 Å². The number of aromatic nitrogens is 4. The predicted molar refractivity (Wildman–Crippen MR) is 137 cm³/mol. The zero-order chi connectivity index (χ0) is 28.2. The van der Waals surface area contributed by atoms with Gasteiger partial charge in [0.2, 0.25) is 5.76 Å². The van der Waals surface area contributed by atoms with Crippen LogP contribution >= 0.6 is 11.6 Å². The molecule has 1 aliphatic heterocycles. The molecule has 1 aliphatic rings. The SMILES string of the molecule is O=C1O/C(=C\Cn2cnc3c(Cl)ncnc32)C(OCc2ccc([N+](=O)[O-])cc2)=C1OCc1ccc([N+](=O)[O-])cc1. The summed E-state index contributed by atoms with van der Waals surface area (Å²) in [4.78, 5) is 45.9. The van der Waals surface area contributed by atoms with E-state index in [1.54, 1.807) is 10.6 Å². The molecule has 0 atom stereocenters. The number of hydrogen-bond acceptors (Lipinski definition) is 11. The Morgan fingerprint density at radius 2 is 1.45 bits per heavy atom. The number of esters is 1. The topological polar surface area (TPSA) is 175 Å². The minimum atomic E-state index is -0.798. The largest absolute Gasteiger partial charge is 0.481 e. The zero-order valence-corrected chi connectivity index (χ0v) is 21.1. The van der Waals surface area contributed by atoms with Gasteiger partial charge in [0.05, 0.1) is 16.2 Å². The van der Waals surface area contributed by atoms with E-state index in [1.165, 1.54) is 61.2 Å². The molecule has 40 heavy (non-hydrogen) atoms. The van der Waals surface area contributed by atoms with Crippen molar-refractivity contribution in [3.8, 4) is 0 Å². The van der Waals surface area contributed by atoms with Crippen LogP contribution in [0.1, 0.15) is 11.1 Å². The number of carbonyl (C=O) groups excluding carboxylic acids is 1. The van der Waals surface area contributed by atoms with Crippen molar-refractivity contribution in [1.82, 2.24) is 19.5 Å². The molecule has 0 spiro atoms. The quantitative estimate of drug-likeness (QED) is 0.116. The maximum Gasteiger partial charge on any atom is 0.383 e. The van der Waals surface area contributed by atoms with Gasteiger partial charge in [-0.2, -0.15) is 0 Å². The second kappa shape index (κ2) is 11.2. The van der Waals surface area contributed by atoms with Crippen LogP contribution in [0.3, 0.4) is 0 Å². The lowest BCUT2D eigenvalue weighted by Gasteiger charge is -2.10. The standard InChI is InChI=1S/C25H17ClN6O8/c26-23-20-24(28-13-27-23)30(14-29-20)10-9-19-21(38-11-15-1-5-17(6-2-15)31(34)35)22(25(33)40-19)39-12-16-3-7-18(8-4-16)32(36)37/h1-9,13-14H,10-12H2/b19-9-. The highest BCUT2D eigenvalue weighted by molar-refractivity contribution is 6.33. The monoisotopic (exact) mass is 564 g/mol. The van der Waals surface area contributed by atoms with Crippen LogP contribution in [0.5, 0.6) is 0 Å². The minimum absolute atomic E-state index is 0.0161. The van der Waals surface area contributed by atoms with E-state index in [-0.39, 0.29) is 53.6 Å². The van der Waals surface area contributed by atoms with E-state index >= 15 is 0 Å². The number of imidazole rings is 1. The first-order chi connectivity index (χ1) is 19.3. The van der Waals surface area contributed by atoms with Gasteiger partial charge in [0.1, 0.15) is 25.1 Å². The third kappa shape index (κ3) is 5.56. The van der Waals surface area contributed by atoms with Crippen molar-refractivity contribution in [3.05, 3.63) is 121 Å². The van der Waals surface area contributed by atoms with E-state index in [9.17, 15) is 25.0 Å². The summed E-state index contributed by atoms with van der Waals surface area (Å²) in [7, 11) is 0. The van der Waals surface area contributed by atoms with Crippen molar-refractivity contribution in [1.29, 1.82) is 0 Å². The molecule has 0 radical (unpaired) electrons. The second-order valence-electron chi connectivity index (χ2n) is 8.27. The van der Waals surface area contributed by atoms with Crippen LogP contribution in [-0.2, 0) is 38.8 Å².